The molecular formula is C32H34N2. The lowest BCUT2D eigenvalue weighted by molar-refractivity contribution is 0.121. The van der Waals surface area contributed by atoms with Crippen molar-refractivity contribution < 1.29 is 0 Å². The molecule has 1 fully saturated rings. The smallest absolute Gasteiger partial charge is 0.0237 e. The quantitative estimate of drug-likeness (QED) is 0.316. The van der Waals surface area contributed by atoms with E-state index in [0.29, 0.717) is 0 Å². The summed E-state index contributed by atoms with van der Waals surface area (Å²) in [5.41, 5.74) is 11.0. The fourth-order valence-electron chi connectivity index (χ4n) is 5.16. The van der Waals surface area contributed by atoms with Crippen molar-refractivity contribution in [1.82, 2.24) is 9.80 Å². The lowest BCUT2D eigenvalue weighted by Gasteiger charge is -2.35. The van der Waals surface area contributed by atoms with Crippen LogP contribution in [0, 0.1) is 13.8 Å². The Hall–Kier alpha value is -3.20. The van der Waals surface area contributed by atoms with E-state index in [1.165, 1.54) is 44.5 Å². The van der Waals surface area contributed by atoms with Crippen LogP contribution in [0.4, 0.5) is 0 Å². The second-order valence-electron chi connectivity index (χ2n) is 9.46. The molecule has 0 aliphatic carbocycles. The Balaban J connectivity index is 1.22. The highest BCUT2D eigenvalue weighted by atomic mass is 15.3. The van der Waals surface area contributed by atoms with Gasteiger partial charge in [0, 0.05) is 39.3 Å². The first-order chi connectivity index (χ1) is 16.7. The molecule has 1 heterocycles. The van der Waals surface area contributed by atoms with E-state index in [-0.39, 0.29) is 0 Å². The molecule has 5 rings (SSSR count). The van der Waals surface area contributed by atoms with Crippen molar-refractivity contribution in [1.29, 1.82) is 0 Å². The molecular weight excluding hydrogens is 412 g/mol. The second kappa shape index (κ2) is 10.4. The van der Waals surface area contributed by atoms with E-state index >= 15 is 0 Å². The van der Waals surface area contributed by atoms with Gasteiger partial charge in [0.25, 0.3) is 0 Å². The molecule has 0 N–H and O–H groups in total. The molecule has 2 heteroatoms. The molecule has 0 radical (unpaired) electrons. The standard InChI is InChI=1S/C32H34N2/c1-25-29(15-9-17-31(25)27-11-5-3-6-12-27)23-33-19-21-34(22-20-33)24-30-16-10-18-32(26(30)2)28-13-7-4-8-14-28/h3-18H,19-24H2,1-2H3. The molecule has 1 aliphatic rings. The first-order valence-electron chi connectivity index (χ1n) is 12.4. The summed E-state index contributed by atoms with van der Waals surface area (Å²) in [4.78, 5) is 5.22. The lowest BCUT2D eigenvalue weighted by atomic mass is 9.96. The SMILES string of the molecule is Cc1c(CN2CCN(Cc3cccc(-c4ccccc4)c3C)CC2)cccc1-c1ccccc1. The van der Waals surface area contributed by atoms with Gasteiger partial charge in [-0.05, 0) is 58.4 Å². The van der Waals surface area contributed by atoms with Crippen molar-refractivity contribution in [2.24, 2.45) is 0 Å². The highest BCUT2D eigenvalue weighted by Crippen LogP contribution is 2.28. The van der Waals surface area contributed by atoms with E-state index in [4.69, 9.17) is 0 Å². The molecule has 0 amide bonds. The summed E-state index contributed by atoms with van der Waals surface area (Å²) in [5, 5.41) is 0. The molecule has 0 spiro atoms. The summed E-state index contributed by atoms with van der Waals surface area (Å²) < 4.78 is 0. The van der Waals surface area contributed by atoms with Crippen LogP contribution >= 0.6 is 0 Å². The van der Waals surface area contributed by atoms with Crippen LogP contribution in [0.5, 0.6) is 0 Å². The molecule has 4 aromatic carbocycles. The predicted molar refractivity (Wildman–Crippen MR) is 144 cm³/mol. The number of rotatable bonds is 6. The van der Waals surface area contributed by atoms with E-state index in [2.05, 4.69) is 121 Å². The third-order valence-electron chi connectivity index (χ3n) is 7.31. The molecule has 0 saturated carbocycles. The van der Waals surface area contributed by atoms with Crippen molar-refractivity contribution in [3.8, 4) is 22.3 Å². The van der Waals surface area contributed by atoms with Crippen molar-refractivity contribution in [3.05, 3.63) is 119 Å². The molecule has 0 aromatic heterocycles. The zero-order valence-electron chi connectivity index (χ0n) is 20.4. The minimum atomic E-state index is 1.03. The maximum absolute atomic E-state index is 2.61. The highest BCUT2D eigenvalue weighted by molar-refractivity contribution is 5.69. The molecule has 1 saturated heterocycles. The van der Waals surface area contributed by atoms with Gasteiger partial charge < -0.3 is 0 Å². The normalized spacial score (nSPS) is 14.9. The molecule has 0 unspecified atom stereocenters. The van der Waals surface area contributed by atoms with Gasteiger partial charge >= 0.3 is 0 Å². The summed E-state index contributed by atoms with van der Waals surface area (Å²) >= 11 is 0. The number of hydrogen-bond acceptors (Lipinski definition) is 2. The predicted octanol–water partition coefficient (Wildman–Crippen LogP) is 6.96. The van der Waals surface area contributed by atoms with E-state index in [1.54, 1.807) is 0 Å². The number of piperazine rings is 1. The van der Waals surface area contributed by atoms with Crippen LogP contribution in [0.3, 0.4) is 0 Å². The third-order valence-corrected chi connectivity index (χ3v) is 7.31. The van der Waals surface area contributed by atoms with Crippen molar-refractivity contribution in [3.63, 3.8) is 0 Å². The van der Waals surface area contributed by atoms with Gasteiger partial charge in [0.05, 0.1) is 0 Å². The molecule has 4 aromatic rings. The Morgan fingerprint density at radius 3 is 1.24 bits per heavy atom. The second-order valence-corrected chi connectivity index (χ2v) is 9.46. The van der Waals surface area contributed by atoms with Gasteiger partial charge in [-0.15, -0.1) is 0 Å². The van der Waals surface area contributed by atoms with Crippen LogP contribution in [0.2, 0.25) is 0 Å². The van der Waals surface area contributed by atoms with Gasteiger partial charge in [-0.25, -0.2) is 0 Å². The van der Waals surface area contributed by atoms with Crippen LogP contribution in [0.1, 0.15) is 22.3 Å². The maximum atomic E-state index is 2.61. The van der Waals surface area contributed by atoms with Gasteiger partial charge in [-0.2, -0.15) is 0 Å². The Morgan fingerprint density at radius 1 is 0.471 bits per heavy atom. The zero-order valence-corrected chi connectivity index (χ0v) is 20.4. The van der Waals surface area contributed by atoms with Crippen LogP contribution in [0.25, 0.3) is 22.3 Å². The molecule has 0 atom stereocenters. The largest absolute Gasteiger partial charge is 0.297 e. The molecule has 0 bridgehead atoms. The average molecular weight is 447 g/mol. The van der Waals surface area contributed by atoms with E-state index in [9.17, 15) is 0 Å². The highest BCUT2D eigenvalue weighted by Gasteiger charge is 2.19. The minimum Gasteiger partial charge on any atom is -0.297 e. The fourth-order valence-corrected chi connectivity index (χ4v) is 5.16. The van der Waals surface area contributed by atoms with Crippen molar-refractivity contribution in [2.75, 3.05) is 26.2 Å². The van der Waals surface area contributed by atoms with Gasteiger partial charge in [0.2, 0.25) is 0 Å². The van der Waals surface area contributed by atoms with Gasteiger partial charge in [0.1, 0.15) is 0 Å². The van der Waals surface area contributed by atoms with E-state index in [0.717, 1.165) is 39.3 Å². The minimum absolute atomic E-state index is 1.03. The summed E-state index contributed by atoms with van der Waals surface area (Å²) in [6, 6.07) is 35.0. The lowest BCUT2D eigenvalue weighted by Crippen LogP contribution is -2.45. The van der Waals surface area contributed by atoms with Crippen LogP contribution < -0.4 is 0 Å². The van der Waals surface area contributed by atoms with Crippen molar-refractivity contribution in [2.45, 2.75) is 26.9 Å². The van der Waals surface area contributed by atoms with Gasteiger partial charge in [-0.1, -0.05) is 97.1 Å². The monoisotopic (exact) mass is 446 g/mol. The molecule has 1 aliphatic heterocycles. The molecule has 34 heavy (non-hydrogen) atoms. The number of nitrogens with zero attached hydrogens (tertiary/aromatic N) is 2. The average Bonchev–Trinajstić information content (AvgIpc) is 2.89. The Labute approximate surface area is 204 Å². The fraction of sp³-hybridized carbons (Fsp3) is 0.250. The van der Waals surface area contributed by atoms with E-state index in [1.807, 2.05) is 0 Å². The summed E-state index contributed by atoms with van der Waals surface area (Å²) in [5.74, 6) is 0. The third kappa shape index (κ3) is 4.99. The first-order valence-corrected chi connectivity index (χ1v) is 12.4. The zero-order chi connectivity index (χ0) is 23.3. The Morgan fingerprint density at radius 2 is 0.853 bits per heavy atom. The van der Waals surface area contributed by atoms with Crippen LogP contribution in [0.15, 0.2) is 97.1 Å². The number of hydrogen-bond donors (Lipinski definition) is 0. The molecule has 172 valence electrons. The maximum Gasteiger partial charge on any atom is 0.0237 e. The summed E-state index contributed by atoms with van der Waals surface area (Å²) in [6.07, 6.45) is 0. The van der Waals surface area contributed by atoms with Crippen LogP contribution in [-0.4, -0.2) is 36.0 Å². The Bertz CT molecular complexity index is 1120. The first kappa shape index (κ1) is 22.6. The van der Waals surface area contributed by atoms with Crippen molar-refractivity contribution >= 4 is 0 Å². The summed E-state index contributed by atoms with van der Waals surface area (Å²) in [6.45, 7) is 11.1. The van der Waals surface area contributed by atoms with E-state index < -0.39 is 0 Å². The Kier molecular flexibility index (Phi) is 6.89. The van der Waals surface area contributed by atoms with Crippen LogP contribution in [-0.2, 0) is 13.1 Å². The topological polar surface area (TPSA) is 6.48 Å². The molecule has 2 nitrogen and oxygen atoms in total. The van der Waals surface area contributed by atoms with Gasteiger partial charge in [-0.3, -0.25) is 9.80 Å². The number of benzene rings is 4. The van der Waals surface area contributed by atoms with Gasteiger partial charge in [0.15, 0.2) is 0 Å². The summed E-state index contributed by atoms with van der Waals surface area (Å²) in [7, 11) is 0.